The fraction of sp³-hybridized carbons (Fsp3) is 0.467. The minimum Gasteiger partial charge on any atom is -0.493 e. The third-order valence-electron chi connectivity index (χ3n) is 2.75. The Kier molecular flexibility index (Phi) is 5.86. The molecule has 2 nitrogen and oxygen atoms in total. The molecule has 0 bridgehead atoms. The molecule has 1 atom stereocenters. The van der Waals surface area contributed by atoms with Gasteiger partial charge in [0.05, 0.1) is 6.61 Å². The highest BCUT2D eigenvalue weighted by Gasteiger charge is 2.06. The van der Waals surface area contributed by atoms with Crippen LogP contribution < -0.4 is 10.5 Å². The van der Waals surface area contributed by atoms with E-state index in [1.165, 1.54) is 12.1 Å². The number of nitrogens with two attached hydrogens (primary N) is 1. The summed E-state index contributed by atoms with van der Waals surface area (Å²) < 4.78 is 18.9. The minimum atomic E-state index is -0.277. The van der Waals surface area contributed by atoms with E-state index in [1.807, 2.05) is 19.9 Å². The average molecular weight is 251 g/mol. The summed E-state index contributed by atoms with van der Waals surface area (Å²) in [6.07, 6.45) is 2.33. The summed E-state index contributed by atoms with van der Waals surface area (Å²) in [6, 6.07) is 4.84. The van der Waals surface area contributed by atoms with Gasteiger partial charge in [-0.25, -0.2) is 4.39 Å². The maximum atomic E-state index is 13.4. The topological polar surface area (TPSA) is 35.2 Å². The molecule has 0 saturated heterocycles. The van der Waals surface area contributed by atoms with Crippen molar-refractivity contribution in [1.82, 2.24) is 0 Å². The highest BCUT2D eigenvalue weighted by Crippen LogP contribution is 2.18. The number of hydrogen-bond acceptors (Lipinski definition) is 2. The second-order valence-corrected chi connectivity index (χ2v) is 4.72. The fourth-order valence-corrected chi connectivity index (χ4v) is 1.61. The van der Waals surface area contributed by atoms with Gasteiger partial charge in [0, 0.05) is 18.5 Å². The van der Waals surface area contributed by atoms with E-state index in [9.17, 15) is 4.39 Å². The molecule has 0 fully saturated rings. The Morgan fingerprint density at radius 1 is 1.44 bits per heavy atom. The molecule has 0 aromatic heterocycles. The molecular weight excluding hydrogens is 229 g/mol. The largest absolute Gasteiger partial charge is 0.493 e. The van der Waals surface area contributed by atoms with Gasteiger partial charge in [0.2, 0.25) is 0 Å². The van der Waals surface area contributed by atoms with Crippen molar-refractivity contribution in [2.45, 2.75) is 39.2 Å². The highest BCUT2D eigenvalue weighted by atomic mass is 19.1. The first-order chi connectivity index (χ1) is 8.51. The molecule has 1 rings (SSSR count). The molecule has 1 aromatic carbocycles. The molecule has 18 heavy (non-hydrogen) atoms. The van der Waals surface area contributed by atoms with E-state index in [2.05, 4.69) is 6.58 Å². The van der Waals surface area contributed by atoms with E-state index in [1.54, 1.807) is 0 Å². The van der Waals surface area contributed by atoms with Crippen LogP contribution in [0.25, 0.3) is 0 Å². The van der Waals surface area contributed by atoms with Gasteiger partial charge in [-0.3, -0.25) is 0 Å². The quantitative estimate of drug-likeness (QED) is 0.753. The van der Waals surface area contributed by atoms with E-state index in [0.717, 1.165) is 24.0 Å². The second kappa shape index (κ2) is 7.17. The van der Waals surface area contributed by atoms with Gasteiger partial charge >= 0.3 is 0 Å². The van der Waals surface area contributed by atoms with E-state index < -0.39 is 0 Å². The molecule has 1 unspecified atom stereocenters. The number of rotatable bonds is 7. The zero-order valence-corrected chi connectivity index (χ0v) is 11.2. The Labute approximate surface area is 109 Å². The Hall–Kier alpha value is -1.35. The first kappa shape index (κ1) is 14.7. The van der Waals surface area contributed by atoms with Crippen LogP contribution in [0.1, 0.15) is 32.3 Å². The minimum absolute atomic E-state index is 0.0649. The standard InChI is InChI=1S/C15H22FNO/c1-4-14(17)8-12-7-13(16)10-15(9-12)18-6-5-11(2)3/h7,9-10,14H,2,4-6,8,17H2,1,3H3. The van der Waals surface area contributed by atoms with Crippen molar-refractivity contribution >= 4 is 0 Å². The molecule has 0 aliphatic rings. The Morgan fingerprint density at radius 3 is 2.78 bits per heavy atom. The Balaban J connectivity index is 2.65. The molecule has 0 spiro atoms. The van der Waals surface area contributed by atoms with Crippen molar-refractivity contribution < 1.29 is 9.13 Å². The molecule has 0 aliphatic carbocycles. The SMILES string of the molecule is C=C(C)CCOc1cc(F)cc(CC(N)CC)c1. The Morgan fingerprint density at radius 2 is 2.17 bits per heavy atom. The van der Waals surface area contributed by atoms with E-state index in [0.29, 0.717) is 18.8 Å². The van der Waals surface area contributed by atoms with Crippen LogP contribution in [0.2, 0.25) is 0 Å². The number of hydrogen-bond donors (Lipinski definition) is 1. The third-order valence-corrected chi connectivity index (χ3v) is 2.75. The van der Waals surface area contributed by atoms with Crippen LogP contribution in [0.4, 0.5) is 4.39 Å². The molecule has 100 valence electrons. The summed E-state index contributed by atoms with van der Waals surface area (Å²) in [7, 11) is 0. The van der Waals surface area contributed by atoms with Crippen molar-refractivity contribution in [2.24, 2.45) is 5.73 Å². The first-order valence-corrected chi connectivity index (χ1v) is 6.33. The van der Waals surface area contributed by atoms with Gasteiger partial charge in [-0.15, -0.1) is 6.58 Å². The van der Waals surface area contributed by atoms with Gasteiger partial charge in [-0.1, -0.05) is 12.5 Å². The maximum absolute atomic E-state index is 13.4. The summed E-state index contributed by atoms with van der Waals surface area (Å²) in [4.78, 5) is 0. The van der Waals surface area contributed by atoms with Crippen molar-refractivity contribution in [1.29, 1.82) is 0 Å². The lowest BCUT2D eigenvalue weighted by atomic mass is 10.0. The van der Waals surface area contributed by atoms with Crippen molar-refractivity contribution in [3.63, 3.8) is 0 Å². The van der Waals surface area contributed by atoms with Gasteiger partial charge in [0.1, 0.15) is 11.6 Å². The van der Waals surface area contributed by atoms with Gasteiger partial charge in [-0.2, -0.15) is 0 Å². The molecule has 0 heterocycles. The lowest BCUT2D eigenvalue weighted by Crippen LogP contribution is -2.21. The van der Waals surface area contributed by atoms with Crippen LogP contribution in [0.15, 0.2) is 30.4 Å². The number of ether oxygens (including phenoxy) is 1. The third kappa shape index (κ3) is 5.32. The van der Waals surface area contributed by atoms with Crippen LogP contribution in [0.3, 0.4) is 0 Å². The molecular formula is C15H22FNO. The highest BCUT2D eigenvalue weighted by molar-refractivity contribution is 5.30. The van der Waals surface area contributed by atoms with Gasteiger partial charge < -0.3 is 10.5 Å². The van der Waals surface area contributed by atoms with E-state index >= 15 is 0 Å². The average Bonchev–Trinajstić information content (AvgIpc) is 2.27. The maximum Gasteiger partial charge on any atom is 0.127 e. The lowest BCUT2D eigenvalue weighted by molar-refractivity contribution is 0.319. The van der Waals surface area contributed by atoms with Crippen LogP contribution in [0.5, 0.6) is 5.75 Å². The smallest absolute Gasteiger partial charge is 0.127 e. The van der Waals surface area contributed by atoms with Crippen molar-refractivity contribution in [2.75, 3.05) is 6.61 Å². The summed E-state index contributed by atoms with van der Waals surface area (Å²) in [5.74, 6) is 0.288. The van der Waals surface area contributed by atoms with Gasteiger partial charge in [-0.05, 0) is 37.5 Å². The lowest BCUT2D eigenvalue weighted by Gasteiger charge is -2.11. The fourth-order valence-electron chi connectivity index (χ4n) is 1.61. The second-order valence-electron chi connectivity index (χ2n) is 4.72. The van der Waals surface area contributed by atoms with E-state index in [4.69, 9.17) is 10.5 Å². The Bertz CT molecular complexity index is 403. The predicted molar refractivity (Wildman–Crippen MR) is 73.3 cm³/mol. The molecule has 2 N–H and O–H groups in total. The van der Waals surface area contributed by atoms with Crippen LogP contribution in [0, 0.1) is 5.82 Å². The van der Waals surface area contributed by atoms with Crippen molar-refractivity contribution in [3.8, 4) is 5.75 Å². The van der Waals surface area contributed by atoms with Crippen LogP contribution in [-0.4, -0.2) is 12.6 Å². The van der Waals surface area contributed by atoms with Crippen LogP contribution >= 0.6 is 0 Å². The van der Waals surface area contributed by atoms with Gasteiger partial charge in [0.15, 0.2) is 0 Å². The summed E-state index contributed by atoms with van der Waals surface area (Å²) in [6.45, 7) is 8.29. The molecule has 0 radical (unpaired) electrons. The van der Waals surface area contributed by atoms with Gasteiger partial charge in [0.25, 0.3) is 0 Å². The molecule has 0 aliphatic heterocycles. The summed E-state index contributed by atoms with van der Waals surface area (Å²) >= 11 is 0. The zero-order valence-electron chi connectivity index (χ0n) is 11.2. The predicted octanol–water partition coefficient (Wildman–Crippen LogP) is 3.45. The molecule has 1 aromatic rings. The zero-order chi connectivity index (χ0) is 13.5. The normalized spacial score (nSPS) is 12.2. The molecule has 0 amide bonds. The monoisotopic (exact) mass is 251 g/mol. The van der Waals surface area contributed by atoms with Crippen LogP contribution in [-0.2, 0) is 6.42 Å². The van der Waals surface area contributed by atoms with Crippen molar-refractivity contribution in [3.05, 3.63) is 41.7 Å². The summed E-state index contributed by atoms with van der Waals surface area (Å²) in [5.41, 5.74) is 7.81. The first-order valence-electron chi connectivity index (χ1n) is 6.33. The molecule has 3 heteroatoms. The number of benzene rings is 1. The van der Waals surface area contributed by atoms with E-state index in [-0.39, 0.29) is 11.9 Å². The summed E-state index contributed by atoms with van der Waals surface area (Å²) in [5, 5.41) is 0. The number of halogens is 1. The molecule has 0 saturated carbocycles.